The second-order valence-electron chi connectivity index (χ2n) is 4.37. The fourth-order valence-corrected chi connectivity index (χ4v) is 1.83. The average molecular weight is 274 g/mol. The van der Waals surface area contributed by atoms with E-state index in [0.29, 0.717) is 28.3 Å². The van der Waals surface area contributed by atoms with Gasteiger partial charge in [-0.15, -0.1) is 0 Å². The lowest BCUT2D eigenvalue weighted by molar-refractivity contribution is 0.102. The fraction of sp³-hybridized carbons (Fsp3) is 0.133. The van der Waals surface area contributed by atoms with Crippen LogP contribution in [0.1, 0.15) is 15.9 Å². The number of nitrogens with two attached hydrogens (primary N) is 1. The van der Waals surface area contributed by atoms with Crippen LogP contribution >= 0.6 is 0 Å². The van der Waals surface area contributed by atoms with Crippen molar-refractivity contribution in [2.24, 2.45) is 0 Å². The zero-order valence-corrected chi connectivity index (χ0v) is 11.2. The second kappa shape index (κ2) is 5.61. The number of hydrogen-bond acceptors (Lipinski definition) is 3. The molecule has 1 amide bonds. The molecule has 0 spiro atoms. The lowest BCUT2D eigenvalue weighted by atomic mass is 10.1. The van der Waals surface area contributed by atoms with Crippen LogP contribution in [0.5, 0.6) is 5.75 Å². The number of carbonyl (C=O) groups is 1. The Morgan fingerprint density at radius 2 is 2.00 bits per heavy atom. The van der Waals surface area contributed by atoms with Gasteiger partial charge in [-0.25, -0.2) is 4.39 Å². The number of nitrogens with one attached hydrogen (secondary N) is 1. The summed E-state index contributed by atoms with van der Waals surface area (Å²) in [7, 11) is 1.49. The number of anilines is 2. The average Bonchev–Trinajstić information content (AvgIpc) is 2.43. The number of amides is 1. The van der Waals surface area contributed by atoms with Gasteiger partial charge in [0.05, 0.1) is 12.8 Å². The number of carbonyl (C=O) groups excluding carboxylic acids is 1. The van der Waals surface area contributed by atoms with Crippen LogP contribution in [0.4, 0.5) is 15.8 Å². The van der Waals surface area contributed by atoms with E-state index in [-0.39, 0.29) is 5.91 Å². The predicted octanol–water partition coefficient (Wildman–Crippen LogP) is 2.98. The van der Waals surface area contributed by atoms with Gasteiger partial charge in [0.2, 0.25) is 0 Å². The number of ether oxygens (including phenoxy) is 1. The Labute approximate surface area is 116 Å². The number of halogens is 1. The molecule has 0 fully saturated rings. The Hall–Kier alpha value is -2.56. The maximum atomic E-state index is 13.2. The minimum Gasteiger partial charge on any atom is -0.495 e. The topological polar surface area (TPSA) is 64.3 Å². The van der Waals surface area contributed by atoms with Gasteiger partial charge in [0, 0.05) is 17.3 Å². The molecule has 3 N–H and O–H groups in total. The van der Waals surface area contributed by atoms with Gasteiger partial charge in [0.15, 0.2) is 0 Å². The maximum Gasteiger partial charge on any atom is 0.256 e. The van der Waals surface area contributed by atoms with Crippen LogP contribution in [0.2, 0.25) is 0 Å². The first-order valence-electron chi connectivity index (χ1n) is 6.02. The molecular formula is C15H15FN2O2. The molecule has 0 saturated carbocycles. The zero-order chi connectivity index (χ0) is 14.7. The quantitative estimate of drug-likeness (QED) is 0.846. The van der Waals surface area contributed by atoms with Crippen molar-refractivity contribution in [2.75, 3.05) is 18.2 Å². The molecule has 0 unspecified atom stereocenters. The first-order chi connectivity index (χ1) is 9.51. The molecule has 104 valence electrons. The van der Waals surface area contributed by atoms with E-state index in [0.717, 1.165) is 0 Å². The van der Waals surface area contributed by atoms with E-state index in [9.17, 15) is 9.18 Å². The SMILES string of the molecule is COc1cc(NC(=O)c2cc(F)ccc2C)ccc1N. The van der Waals surface area contributed by atoms with Crippen LogP contribution in [-0.4, -0.2) is 13.0 Å². The molecule has 4 nitrogen and oxygen atoms in total. The Balaban J connectivity index is 2.25. The summed E-state index contributed by atoms with van der Waals surface area (Å²) in [6.07, 6.45) is 0. The lowest BCUT2D eigenvalue weighted by Crippen LogP contribution is -2.13. The molecular weight excluding hydrogens is 259 g/mol. The highest BCUT2D eigenvalue weighted by atomic mass is 19.1. The van der Waals surface area contributed by atoms with Crippen LogP contribution in [0.15, 0.2) is 36.4 Å². The van der Waals surface area contributed by atoms with Gasteiger partial charge in [-0.05, 0) is 36.8 Å². The first kappa shape index (κ1) is 13.9. The highest BCUT2D eigenvalue weighted by Gasteiger charge is 2.11. The van der Waals surface area contributed by atoms with Gasteiger partial charge >= 0.3 is 0 Å². The summed E-state index contributed by atoms with van der Waals surface area (Å²) >= 11 is 0. The second-order valence-corrected chi connectivity index (χ2v) is 4.37. The minimum atomic E-state index is -0.448. The third-order valence-corrected chi connectivity index (χ3v) is 2.94. The number of aryl methyl sites for hydroxylation is 1. The van der Waals surface area contributed by atoms with Crippen molar-refractivity contribution in [3.05, 3.63) is 53.3 Å². The highest BCUT2D eigenvalue weighted by molar-refractivity contribution is 6.05. The van der Waals surface area contributed by atoms with Crippen LogP contribution in [0.25, 0.3) is 0 Å². The molecule has 0 aliphatic carbocycles. The van der Waals surface area contributed by atoms with Crippen molar-refractivity contribution in [2.45, 2.75) is 6.92 Å². The largest absolute Gasteiger partial charge is 0.495 e. The molecule has 0 radical (unpaired) electrons. The van der Waals surface area contributed by atoms with Crippen molar-refractivity contribution in [1.29, 1.82) is 0 Å². The Kier molecular flexibility index (Phi) is 3.89. The molecule has 2 rings (SSSR count). The van der Waals surface area contributed by atoms with Gasteiger partial charge in [-0.2, -0.15) is 0 Å². The minimum absolute atomic E-state index is 0.292. The van der Waals surface area contributed by atoms with Crippen molar-refractivity contribution in [1.82, 2.24) is 0 Å². The molecule has 20 heavy (non-hydrogen) atoms. The number of benzene rings is 2. The Morgan fingerprint density at radius 1 is 1.25 bits per heavy atom. The normalized spacial score (nSPS) is 10.2. The molecule has 2 aromatic rings. The van der Waals surface area contributed by atoms with Gasteiger partial charge in [-0.3, -0.25) is 4.79 Å². The predicted molar refractivity (Wildman–Crippen MR) is 76.5 cm³/mol. The van der Waals surface area contributed by atoms with Gasteiger partial charge in [-0.1, -0.05) is 6.07 Å². The van der Waals surface area contributed by atoms with Crippen molar-refractivity contribution >= 4 is 17.3 Å². The fourth-order valence-electron chi connectivity index (χ4n) is 1.83. The molecule has 0 aliphatic rings. The van der Waals surface area contributed by atoms with E-state index >= 15 is 0 Å². The molecule has 5 heteroatoms. The molecule has 2 aromatic carbocycles. The van der Waals surface area contributed by atoms with Crippen LogP contribution in [0, 0.1) is 12.7 Å². The lowest BCUT2D eigenvalue weighted by Gasteiger charge is -2.10. The number of nitrogen functional groups attached to an aromatic ring is 1. The summed E-state index contributed by atoms with van der Waals surface area (Å²) in [6, 6.07) is 8.99. The van der Waals surface area contributed by atoms with Crippen LogP contribution < -0.4 is 15.8 Å². The molecule has 0 heterocycles. The maximum absolute atomic E-state index is 13.2. The molecule has 0 aliphatic heterocycles. The Bertz CT molecular complexity index is 656. The smallest absolute Gasteiger partial charge is 0.256 e. The van der Waals surface area contributed by atoms with Crippen LogP contribution in [0.3, 0.4) is 0 Å². The third kappa shape index (κ3) is 2.88. The van der Waals surface area contributed by atoms with E-state index < -0.39 is 5.82 Å². The summed E-state index contributed by atoms with van der Waals surface area (Å²) in [5.74, 6) is -0.358. The monoisotopic (exact) mass is 274 g/mol. The molecule has 0 aromatic heterocycles. The van der Waals surface area contributed by atoms with Gasteiger partial charge in [0.1, 0.15) is 11.6 Å². The summed E-state index contributed by atoms with van der Waals surface area (Å²) < 4.78 is 18.3. The molecule has 0 atom stereocenters. The molecule has 0 saturated heterocycles. The number of hydrogen-bond donors (Lipinski definition) is 2. The standard InChI is InChI=1S/C15H15FN2O2/c1-9-3-4-10(16)7-12(9)15(19)18-11-5-6-13(17)14(8-11)20-2/h3-8H,17H2,1-2H3,(H,18,19). The van der Waals surface area contributed by atoms with E-state index in [2.05, 4.69) is 5.32 Å². The van der Waals surface area contributed by atoms with Gasteiger partial charge < -0.3 is 15.8 Å². The van der Waals surface area contributed by atoms with Crippen molar-refractivity contribution < 1.29 is 13.9 Å². The van der Waals surface area contributed by atoms with E-state index in [1.54, 1.807) is 31.2 Å². The first-order valence-corrected chi connectivity index (χ1v) is 6.02. The van der Waals surface area contributed by atoms with Gasteiger partial charge in [0.25, 0.3) is 5.91 Å². The van der Waals surface area contributed by atoms with E-state index in [1.165, 1.54) is 19.2 Å². The third-order valence-electron chi connectivity index (χ3n) is 2.94. The van der Waals surface area contributed by atoms with Crippen LogP contribution in [-0.2, 0) is 0 Å². The Morgan fingerprint density at radius 3 is 2.70 bits per heavy atom. The summed E-state index contributed by atoms with van der Waals surface area (Å²) in [5.41, 5.74) is 7.70. The summed E-state index contributed by atoms with van der Waals surface area (Å²) in [6.45, 7) is 1.75. The summed E-state index contributed by atoms with van der Waals surface area (Å²) in [4.78, 5) is 12.1. The van der Waals surface area contributed by atoms with Crippen molar-refractivity contribution in [3.63, 3.8) is 0 Å². The number of methoxy groups -OCH3 is 1. The zero-order valence-electron chi connectivity index (χ0n) is 11.2. The summed E-state index contributed by atoms with van der Waals surface area (Å²) in [5, 5.41) is 2.69. The molecule has 0 bridgehead atoms. The number of rotatable bonds is 3. The van der Waals surface area contributed by atoms with E-state index in [1.807, 2.05) is 0 Å². The van der Waals surface area contributed by atoms with E-state index in [4.69, 9.17) is 10.5 Å². The highest BCUT2D eigenvalue weighted by Crippen LogP contribution is 2.25. The van der Waals surface area contributed by atoms with Crippen molar-refractivity contribution in [3.8, 4) is 5.75 Å².